The monoisotopic (exact) mass is 419 g/mol. The Kier molecular flexibility index (Phi) is 8.05. The third kappa shape index (κ3) is 6.96. The van der Waals surface area contributed by atoms with Gasteiger partial charge in [0.25, 0.3) is 0 Å². The third-order valence-corrected chi connectivity index (χ3v) is 10.2. The lowest BCUT2D eigenvalue weighted by Crippen LogP contribution is -2.57. The topological polar surface area (TPSA) is 56.3 Å². The Bertz CT molecular complexity index is 688. The van der Waals surface area contributed by atoms with Crippen molar-refractivity contribution in [2.45, 2.75) is 51.6 Å². The van der Waals surface area contributed by atoms with Crippen LogP contribution in [0.15, 0.2) is 42.5 Å². The molecular formula is C22H37N3O3Si. The molecule has 2 amide bonds. The minimum Gasteiger partial charge on any atom is -0.413 e. The summed E-state index contributed by atoms with van der Waals surface area (Å²) < 4.78 is 6.10. The first-order valence-corrected chi connectivity index (χ1v) is 13.2. The van der Waals surface area contributed by atoms with Gasteiger partial charge in [0.1, 0.15) is 0 Å². The summed E-state index contributed by atoms with van der Waals surface area (Å²) in [5.41, 5.74) is 1.21. The van der Waals surface area contributed by atoms with Crippen molar-refractivity contribution in [3.63, 3.8) is 0 Å². The highest BCUT2D eigenvalue weighted by molar-refractivity contribution is 6.74. The second-order valence-electron chi connectivity index (χ2n) is 9.37. The van der Waals surface area contributed by atoms with E-state index in [-0.39, 0.29) is 17.6 Å². The molecule has 0 spiro atoms. The molecule has 162 valence electrons. The summed E-state index contributed by atoms with van der Waals surface area (Å²) >= 11 is 0. The first kappa shape index (κ1) is 23.6. The number of benzene rings is 1. The largest absolute Gasteiger partial charge is 0.413 e. The molecule has 1 N–H and O–H groups in total. The third-order valence-electron chi connectivity index (χ3n) is 5.74. The Hall–Kier alpha value is -1.67. The van der Waals surface area contributed by atoms with Gasteiger partial charge in [-0.25, -0.2) is 4.79 Å². The van der Waals surface area contributed by atoms with Gasteiger partial charge in [0.2, 0.25) is 0 Å². The van der Waals surface area contributed by atoms with Crippen molar-refractivity contribution in [1.29, 1.82) is 0 Å². The van der Waals surface area contributed by atoms with Crippen LogP contribution >= 0.6 is 0 Å². The number of hydrogen-bond acceptors (Lipinski definition) is 4. The molecule has 1 saturated heterocycles. The first-order valence-electron chi connectivity index (χ1n) is 10.2. The zero-order valence-corrected chi connectivity index (χ0v) is 19.8. The van der Waals surface area contributed by atoms with E-state index < -0.39 is 14.4 Å². The summed E-state index contributed by atoms with van der Waals surface area (Å²) in [5, 5.41) is 10.6. The molecule has 0 aliphatic carbocycles. The minimum atomic E-state index is -1.80. The van der Waals surface area contributed by atoms with Gasteiger partial charge in [-0.05, 0) is 23.7 Å². The van der Waals surface area contributed by atoms with E-state index in [2.05, 4.69) is 50.9 Å². The van der Waals surface area contributed by atoms with Crippen molar-refractivity contribution >= 4 is 14.3 Å². The van der Waals surface area contributed by atoms with Gasteiger partial charge in [0.05, 0.1) is 32.6 Å². The second kappa shape index (κ2) is 9.89. The van der Waals surface area contributed by atoms with Gasteiger partial charge in [-0.2, -0.15) is 0 Å². The summed E-state index contributed by atoms with van der Waals surface area (Å²) in [6.07, 6.45) is 2.88. The summed E-state index contributed by atoms with van der Waals surface area (Å²) in [6, 6.07) is 10.2. The highest BCUT2D eigenvalue weighted by Gasteiger charge is 2.36. The molecule has 1 aromatic rings. The summed E-state index contributed by atoms with van der Waals surface area (Å²) in [6.45, 7) is 13.6. The molecule has 1 heterocycles. The van der Waals surface area contributed by atoms with E-state index in [1.54, 1.807) is 22.9 Å². The Balaban J connectivity index is 1.87. The van der Waals surface area contributed by atoms with Crippen LogP contribution in [0.3, 0.4) is 0 Å². The van der Waals surface area contributed by atoms with E-state index >= 15 is 0 Å². The normalized spacial score (nSPS) is 18.0. The molecule has 1 unspecified atom stereocenters. The number of urea groups is 1. The Morgan fingerprint density at radius 2 is 1.86 bits per heavy atom. The van der Waals surface area contributed by atoms with Crippen LogP contribution in [-0.4, -0.2) is 73.8 Å². The van der Waals surface area contributed by atoms with Crippen molar-refractivity contribution in [1.82, 2.24) is 14.7 Å². The fourth-order valence-electron chi connectivity index (χ4n) is 3.00. The van der Waals surface area contributed by atoms with Crippen LogP contribution < -0.4 is 0 Å². The van der Waals surface area contributed by atoms with Gasteiger partial charge in [0, 0.05) is 13.6 Å². The number of hydrogen-bond donors (Lipinski definition) is 1. The van der Waals surface area contributed by atoms with E-state index in [0.717, 1.165) is 6.54 Å². The number of rotatable bonds is 8. The van der Waals surface area contributed by atoms with Crippen LogP contribution in [0.2, 0.25) is 18.1 Å². The minimum absolute atomic E-state index is 0.0562. The fourth-order valence-corrected chi connectivity index (χ4v) is 3.94. The number of carbonyl (C=O) groups excluding carboxylic acids is 1. The van der Waals surface area contributed by atoms with Crippen molar-refractivity contribution in [3.8, 4) is 0 Å². The molecule has 1 aromatic carbocycles. The maximum absolute atomic E-state index is 12.5. The standard InChI is InChI=1S/C22H37N3O3Si/c1-22(2,3)29(5,6)28-14-10-13-20(26)16-25-18-24(17-23(4)21(25)27)15-19-11-8-7-9-12-19/h7-13,20,26H,14-18H2,1-6H3/b13-10-. The van der Waals surface area contributed by atoms with E-state index in [1.165, 1.54) is 5.56 Å². The van der Waals surface area contributed by atoms with Gasteiger partial charge in [-0.1, -0.05) is 63.3 Å². The first-order chi connectivity index (χ1) is 13.5. The van der Waals surface area contributed by atoms with Crippen LogP contribution in [0.25, 0.3) is 0 Å². The number of aliphatic hydroxyl groups excluding tert-OH is 1. The lowest BCUT2D eigenvalue weighted by atomic mass is 10.2. The maximum Gasteiger partial charge on any atom is 0.321 e. The fraction of sp³-hybridized carbons (Fsp3) is 0.591. The van der Waals surface area contributed by atoms with Gasteiger partial charge in [0.15, 0.2) is 8.32 Å². The molecule has 29 heavy (non-hydrogen) atoms. The van der Waals surface area contributed by atoms with Crippen molar-refractivity contribution in [3.05, 3.63) is 48.0 Å². The quantitative estimate of drug-likeness (QED) is 0.515. The van der Waals surface area contributed by atoms with Crippen molar-refractivity contribution in [2.24, 2.45) is 0 Å². The molecule has 1 aliphatic rings. The van der Waals surface area contributed by atoms with E-state index in [9.17, 15) is 9.90 Å². The molecule has 6 nitrogen and oxygen atoms in total. The highest BCUT2D eigenvalue weighted by Crippen LogP contribution is 2.36. The van der Waals surface area contributed by atoms with Gasteiger partial charge in [-0.15, -0.1) is 0 Å². The van der Waals surface area contributed by atoms with Gasteiger partial charge >= 0.3 is 6.03 Å². The SMILES string of the molecule is CN1CN(Cc2ccccc2)CN(CC(O)/C=C\CO[Si](C)(C)C(C)(C)C)C1=O. The van der Waals surface area contributed by atoms with E-state index in [1.807, 2.05) is 24.3 Å². The number of nitrogens with zero attached hydrogens (tertiary/aromatic N) is 3. The second-order valence-corrected chi connectivity index (χ2v) is 14.2. The highest BCUT2D eigenvalue weighted by atomic mass is 28.4. The average Bonchev–Trinajstić information content (AvgIpc) is 2.63. The zero-order valence-electron chi connectivity index (χ0n) is 18.8. The molecule has 0 bridgehead atoms. The molecular weight excluding hydrogens is 382 g/mol. The molecule has 0 radical (unpaired) electrons. The van der Waals surface area contributed by atoms with E-state index in [4.69, 9.17) is 4.43 Å². The van der Waals surface area contributed by atoms with E-state index in [0.29, 0.717) is 19.9 Å². The molecule has 7 heteroatoms. The lowest BCUT2D eigenvalue weighted by Gasteiger charge is -2.41. The number of carbonyl (C=O) groups is 1. The predicted molar refractivity (Wildman–Crippen MR) is 120 cm³/mol. The number of amides is 2. The molecule has 1 atom stereocenters. The maximum atomic E-state index is 12.5. The summed E-state index contributed by atoms with van der Waals surface area (Å²) in [7, 11) is -0.00312. The lowest BCUT2D eigenvalue weighted by molar-refractivity contribution is 0.0247. The molecule has 0 aromatic heterocycles. The predicted octanol–water partition coefficient (Wildman–Crippen LogP) is 3.71. The van der Waals surface area contributed by atoms with Crippen LogP contribution in [-0.2, 0) is 11.0 Å². The molecule has 1 fully saturated rings. The van der Waals surface area contributed by atoms with Crippen molar-refractivity contribution < 1.29 is 14.3 Å². The van der Waals surface area contributed by atoms with Crippen LogP contribution in [0.1, 0.15) is 26.3 Å². The Labute approximate surface area is 176 Å². The van der Waals surface area contributed by atoms with Gasteiger partial charge in [-0.3, -0.25) is 4.90 Å². The summed E-state index contributed by atoms with van der Waals surface area (Å²) in [5.74, 6) is 0. The van der Waals surface area contributed by atoms with Gasteiger partial charge < -0.3 is 19.3 Å². The molecule has 2 rings (SSSR count). The van der Waals surface area contributed by atoms with Crippen LogP contribution in [0.4, 0.5) is 4.79 Å². The Morgan fingerprint density at radius 3 is 2.48 bits per heavy atom. The average molecular weight is 420 g/mol. The molecule has 1 aliphatic heterocycles. The van der Waals surface area contributed by atoms with Crippen molar-refractivity contribution in [2.75, 3.05) is 33.5 Å². The smallest absolute Gasteiger partial charge is 0.321 e. The van der Waals surface area contributed by atoms with Crippen LogP contribution in [0.5, 0.6) is 0 Å². The summed E-state index contributed by atoms with van der Waals surface area (Å²) in [4.78, 5) is 18.1. The zero-order chi connectivity index (χ0) is 21.7. The number of β-amino-alcohol motifs (C(OH)–C–C–N with tert-alkyl or cyclic N) is 1. The molecule has 0 saturated carbocycles. The number of aliphatic hydroxyl groups is 1. The van der Waals surface area contributed by atoms with Crippen LogP contribution in [0, 0.1) is 0 Å². The Morgan fingerprint density at radius 1 is 1.21 bits per heavy atom.